The molecule has 0 spiro atoms. The van der Waals surface area contributed by atoms with Gasteiger partial charge in [0.1, 0.15) is 0 Å². The van der Waals surface area contributed by atoms with Gasteiger partial charge in [-0.05, 0) is 31.0 Å². The van der Waals surface area contributed by atoms with Gasteiger partial charge in [-0.2, -0.15) is 0 Å². The number of urea groups is 1. The van der Waals surface area contributed by atoms with Crippen molar-refractivity contribution in [3.63, 3.8) is 0 Å². The Balaban J connectivity index is 2.05. The van der Waals surface area contributed by atoms with Gasteiger partial charge in [0, 0.05) is 10.7 Å². The summed E-state index contributed by atoms with van der Waals surface area (Å²) in [6, 6.07) is 5.16. The van der Waals surface area contributed by atoms with E-state index in [0.717, 1.165) is 0 Å². The molecule has 0 bridgehead atoms. The SMILES string of the molecule is COC(=O)C1=C(C)N(C2CCS(=O)(=O)C2)C(=O)NC1c1ccc(Cl)cc1. The summed E-state index contributed by atoms with van der Waals surface area (Å²) >= 11 is 5.91. The molecule has 9 heteroatoms. The second kappa shape index (κ2) is 6.92. The third-order valence-electron chi connectivity index (χ3n) is 4.71. The highest BCUT2D eigenvalue weighted by atomic mass is 35.5. The number of nitrogens with one attached hydrogen (secondary N) is 1. The molecule has 140 valence electrons. The van der Waals surface area contributed by atoms with Crippen LogP contribution in [-0.2, 0) is 19.4 Å². The lowest BCUT2D eigenvalue weighted by atomic mass is 9.94. The van der Waals surface area contributed by atoms with Crippen molar-refractivity contribution in [3.8, 4) is 0 Å². The van der Waals surface area contributed by atoms with Gasteiger partial charge in [-0.25, -0.2) is 18.0 Å². The number of sulfone groups is 1. The van der Waals surface area contributed by atoms with Crippen LogP contribution in [0.2, 0.25) is 5.02 Å². The number of hydrogen-bond acceptors (Lipinski definition) is 5. The molecule has 2 amide bonds. The Kier molecular flexibility index (Phi) is 4.98. The molecule has 0 saturated carbocycles. The third kappa shape index (κ3) is 3.43. The van der Waals surface area contributed by atoms with Crippen molar-refractivity contribution in [2.45, 2.75) is 25.4 Å². The first-order chi connectivity index (χ1) is 12.2. The summed E-state index contributed by atoms with van der Waals surface area (Å²) in [4.78, 5) is 26.5. The average molecular weight is 399 g/mol. The Labute approximate surface area is 156 Å². The zero-order chi connectivity index (χ0) is 19.1. The van der Waals surface area contributed by atoms with Crippen LogP contribution < -0.4 is 5.32 Å². The van der Waals surface area contributed by atoms with E-state index in [1.165, 1.54) is 12.0 Å². The van der Waals surface area contributed by atoms with Crippen LogP contribution in [0.15, 0.2) is 35.5 Å². The minimum absolute atomic E-state index is 0.0307. The van der Waals surface area contributed by atoms with Gasteiger partial charge in [-0.1, -0.05) is 23.7 Å². The van der Waals surface area contributed by atoms with Gasteiger partial charge in [-0.15, -0.1) is 0 Å². The van der Waals surface area contributed by atoms with Crippen LogP contribution in [0.5, 0.6) is 0 Å². The fourth-order valence-electron chi connectivity index (χ4n) is 3.46. The number of esters is 1. The van der Waals surface area contributed by atoms with E-state index < -0.39 is 33.9 Å². The van der Waals surface area contributed by atoms with E-state index in [1.807, 2.05) is 0 Å². The number of hydrogen-bond donors (Lipinski definition) is 1. The summed E-state index contributed by atoms with van der Waals surface area (Å²) in [5.74, 6) is -0.658. The van der Waals surface area contributed by atoms with E-state index in [4.69, 9.17) is 16.3 Å². The van der Waals surface area contributed by atoms with Crippen molar-refractivity contribution >= 4 is 33.4 Å². The van der Waals surface area contributed by atoms with Crippen LogP contribution in [-0.4, -0.2) is 50.0 Å². The Morgan fingerprint density at radius 3 is 2.50 bits per heavy atom. The standard InChI is InChI=1S/C17H19ClN2O5S/c1-10-14(16(21)25-2)15(11-3-5-12(18)6-4-11)19-17(22)20(10)13-7-8-26(23,24)9-13/h3-6,13,15H,7-9H2,1-2H3,(H,19,22). The molecule has 3 rings (SSSR count). The molecule has 0 radical (unpaired) electrons. The summed E-state index contributed by atoms with van der Waals surface area (Å²) in [6.45, 7) is 1.64. The smallest absolute Gasteiger partial charge is 0.337 e. The van der Waals surface area contributed by atoms with Crippen LogP contribution in [0, 0.1) is 0 Å². The van der Waals surface area contributed by atoms with Crippen molar-refractivity contribution in [1.82, 2.24) is 10.2 Å². The number of halogens is 1. The lowest BCUT2D eigenvalue weighted by Crippen LogP contribution is -2.52. The van der Waals surface area contributed by atoms with Crippen LogP contribution in [0.25, 0.3) is 0 Å². The van der Waals surface area contributed by atoms with Crippen LogP contribution in [0.1, 0.15) is 24.9 Å². The summed E-state index contributed by atoms with van der Waals surface area (Å²) in [6.07, 6.45) is 0.340. The van der Waals surface area contributed by atoms with Crippen LogP contribution in [0.3, 0.4) is 0 Å². The van der Waals surface area contributed by atoms with Gasteiger partial charge in [0.15, 0.2) is 9.84 Å². The summed E-state index contributed by atoms with van der Waals surface area (Å²) in [5, 5.41) is 3.33. The predicted molar refractivity (Wildman–Crippen MR) is 96.3 cm³/mol. The van der Waals surface area contributed by atoms with Crippen molar-refractivity contribution in [2.75, 3.05) is 18.6 Å². The molecular formula is C17H19ClN2O5S. The molecule has 1 aromatic rings. The number of benzene rings is 1. The monoisotopic (exact) mass is 398 g/mol. The lowest BCUT2D eigenvalue weighted by Gasteiger charge is -2.38. The van der Waals surface area contributed by atoms with Gasteiger partial charge in [0.2, 0.25) is 0 Å². The second-order valence-electron chi connectivity index (χ2n) is 6.35. The zero-order valence-corrected chi connectivity index (χ0v) is 15.9. The molecule has 1 aromatic carbocycles. The summed E-state index contributed by atoms with van der Waals surface area (Å²) in [5.41, 5.74) is 1.36. The number of ether oxygens (including phenoxy) is 1. The number of nitrogens with zero attached hydrogens (tertiary/aromatic N) is 1. The number of carbonyl (C=O) groups is 2. The molecule has 26 heavy (non-hydrogen) atoms. The fraction of sp³-hybridized carbons (Fsp3) is 0.412. The van der Waals surface area contributed by atoms with Gasteiger partial charge in [-0.3, -0.25) is 4.90 Å². The fourth-order valence-corrected chi connectivity index (χ4v) is 5.28. The Morgan fingerprint density at radius 1 is 1.31 bits per heavy atom. The Bertz CT molecular complexity index is 879. The summed E-state index contributed by atoms with van der Waals surface area (Å²) in [7, 11) is -1.91. The van der Waals surface area contributed by atoms with Gasteiger partial charge in [0.25, 0.3) is 0 Å². The van der Waals surface area contributed by atoms with E-state index in [2.05, 4.69) is 5.32 Å². The highest BCUT2D eigenvalue weighted by Gasteiger charge is 2.42. The second-order valence-corrected chi connectivity index (χ2v) is 9.02. The summed E-state index contributed by atoms with van der Waals surface area (Å²) < 4.78 is 28.5. The molecule has 1 saturated heterocycles. The van der Waals surface area contributed by atoms with Crippen LogP contribution in [0.4, 0.5) is 4.79 Å². The zero-order valence-electron chi connectivity index (χ0n) is 14.4. The lowest BCUT2D eigenvalue weighted by molar-refractivity contribution is -0.136. The number of methoxy groups -OCH3 is 1. The molecule has 2 atom stereocenters. The van der Waals surface area contributed by atoms with Crippen molar-refractivity contribution in [2.24, 2.45) is 0 Å². The molecule has 2 unspecified atom stereocenters. The molecule has 7 nitrogen and oxygen atoms in total. The largest absolute Gasteiger partial charge is 0.466 e. The van der Waals surface area contributed by atoms with E-state index in [1.54, 1.807) is 31.2 Å². The average Bonchev–Trinajstić information content (AvgIpc) is 2.94. The number of carbonyl (C=O) groups excluding carboxylic acids is 2. The van der Waals surface area contributed by atoms with Gasteiger partial charge < -0.3 is 10.1 Å². The minimum atomic E-state index is -3.18. The maximum atomic E-state index is 12.7. The first-order valence-electron chi connectivity index (χ1n) is 8.08. The molecule has 2 heterocycles. The maximum Gasteiger partial charge on any atom is 0.337 e. The first kappa shape index (κ1) is 18.7. The quantitative estimate of drug-likeness (QED) is 0.786. The minimum Gasteiger partial charge on any atom is -0.466 e. The Morgan fingerprint density at radius 2 is 1.96 bits per heavy atom. The van der Waals surface area contributed by atoms with Crippen molar-refractivity contribution < 1.29 is 22.7 Å². The van der Waals surface area contributed by atoms with E-state index in [-0.39, 0.29) is 17.1 Å². The van der Waals surface area contributed by atoms with Crippen molar-refractivity contribution in [3.05, 3.63) is 46.1 Å². The highest BCUT2D eigenvalue weighted by molar-refractivity contribution is 7.91. The highest BCUT2D eigenvalue weighted by Crippen LogP contribution is 2.34. The normalized spacial score (nSPS) is 25.2. The molecule has 1 fully saturated rings. The third-order valence-corrected chi connectivity index (χ3v) is 6.71. The van der Waals surface area contributed by atoms with E-state index in [9.17, 15) is 18.0 Å². The Hall–Kier alpha value is -2.06. The maximum absolute atomic E-state index is 12.7. The van der Waals surface area contributed by atoms with Crippen molar-refractivity contribution in [1.29, 1.82) is 0 Å². The molecule has 2 aliphatic rings. The topological polar surface area (TPSA) is 92.8 Å². The number of allylic oxidation sites excluding steroid dienone is 1. The van der Waals surface area contributed by atoms with Crippen LogP contribution >= 0.6 is 11.6 Å². The van der Waals surface area contributed by atoms with E-state index >= 15 is 0 Å². The predicted octanol–water partition coefficient (Wildman–Crippen LogP) is 2.04. The van der Waals surface area contributed by atoms with Gasteiger partial charge in [0.05, 0.1) is 36.3 Å². The van der Waals surface area contributed by atoms with E-state index in [0.29, 0.717) is 22.7 Å². The molecule has 0 aliphatic carbocycles. The molecule has 2 aliphatic heterocycles. The molecule has 0 aromatic heterocycles. The first-order valence-corrected chi connectivity index (χ1v) is 10.3. The molecule has 1 N–H and O–H groups in total. The molecular weight excluding hydrogens is 380 g/mol. The van der Waals surface area contributed by atoms with Gasteiger partial charge >= 0.3 is 12.0 Å². The number of rotatable bonds is 3. The number of amides is 2.